The molecule has 2 rings (SSSR count). The first-order chi connectivity index (χ1) is 9.68. The number of hydrogen-bond donors (Lipinski definition) is 1. The van der Waals surface area contributed by atoms with Gasteiger partial charge in [0.25, 0.3) is 0 Å². The second-order valence-corrected chi connectivity index (χ2v) is 7.81. The average molecular weight is 309 g/mol. The molecule has 0 spiro atoms. The molecule has 0 aliphatic carbocycles. The van der Waals surface area contributed by atoms with Crippen molar-refractivity contribution in [1.82, 2.24) is 15.2 Å². The highest BCUT2D eigenvalue weighted by Crippen LogP contribution is 2.26. The largest absolute Gasteiger partial charge is 0.344 e. The van der Waals surface area contributed by atoms with Gasteiger partial charge in [-0.1, -0.05) is 20.8 Å². The van der Waals surface area contributed by atoms with E-state index in [1.54, 1.807) is 16.2 Å². The van der Waals surface area contributed by atoms with Crippen molar-refractivity contribution in [3.63, 3.8) is 0 Å². The third kappa shape index (κ3) is 3.61. The van der Waals surface area contributed by atoms with Gasteiger partial charge >= 0.3 is 0 Å². The van der Waals surface area contributed by atoms with Gasteiger partial charge in [0.15, 0.2) is 0 Å². The van der Waals surface area contributed by atoms with E-state index in [0.717, 1.165) is 10.7 Å². The molecular weight excluding hydrogens is 286 g/mol. The van der Waals surface area contributed by atoms with Gasteiger partial charge < -0.3 is 10.2 Å². The third-order valence-electron chi connectivity index (χ3n) is 3.71. The maximum Gasteiger partial charge on any atom is 0.246 e. The van der Waals surface area contributed by atoms with E-state index in [0.29, 0.717) is 13.0 Å². The van der Waals surface area contributed by atoms with Gasteiger partial charge in [0.05, 0.1) is 17.2 Å². The van der Waals surface area contributed by atoms with E-state index in [1.807, 2.05) is 40.0 Å². The number of aromatic nitrogens is 1. The Kier molecular flexibility index (Phi) is 4.37. The summed E-state index contributed by atoms with van der Waals surface area (Å²) in [4.78, 5) is 31.1. The smallest absolute Gasteiger partial charge is 0.246 e. The third-order valence-corrected chi connectivity index (χ3v) is 4.54. The van der Waals surface area contributed by atoms with Crippen molar-refractivity contribution in [1.29, 1.82) is 0 Å². The van der Waals surface area contributed by atoms with E-state index >= 15 is 0 Å². The van der Waals surface area contributed by atoms with Crippen molar-refractivity contribution in [2.75, 3.05) is 0 Å². The predicted octanol–water partition coefficient (Wildman–Crippen LogP) is 2.10. The molecule has 1 aromatic heterocycles. The van der Waals surface area contributed by atoms with Crippen LogP contribution in [0.15, 0.2) is 5.38 Å². The van der Waals surface area contributed by atoms with E-state index in [2.05, 4.69) is 10.3 Å². The SMILES string of the molecule is Cc1nc(CN2C(=O)C(C(C)(C)C)NC(=O)CC2C)cs1. The topological polar surface area (TPSA) is 62.3 Å². The van der Waals surface area contributed by atoms with E-state index in [4.69, 9.17) is 0 Å². The van der Waals surface area contributed by atoms with Crippen LogP contribution in [0.2, 0.25) is 0 Å². The van der Waals surface area contributed by atoms with E-state index in [1.165, 1.54) is 0 Å². The minimum absolute atomic E-state index is 0.0218. The Morgan fingerprint density at radius 1 is 1.43 bits per heavy atom. The molecule has 2 atom stereocenters. The number of carbonyl (C=O) groups excluding carboxylic acids is 2. The summed E-state index contributed by atoms with van der Waals surface area (Å²) in [6, 6.07) is -0.610. The summed E-state index contributed by atoms with van der Waals surface area (Å²) in [5.74, 6) is -0.0840. The molecule has 0 saturated carbocycles. The molecule has 2 heterocycles. The number of rotatable bonds is 2. The fourth-order valence-electron chi connectivity index (χ4n) is 2.52. The summed E-state index contributed by atoms with van der Waals surface area (Å²) < 4.78 is 0. The molecule has 1 saturated heterocycles. The van der Waals surface area contributed by atoms with E-state index in [-0.39, 0.29) is 23.3 Å². The number of hydrogen-bond acceptors (Lipinski definition) is 4. The van der Waals surface area contributed by atoms with Crippen molar-refractivity contribution in [2.24, 2.45) is 5.41 Å². The highest BCUT2D eigenvalue weighted by molar-refractivity contribution is 7.09. The van der Waals surface area contributed by atoms with Gasteiger partial charge in [-0.3, -0.25) is 9.59 Å². The Hall–Kier alpha value is -1.43. The predicted molar refractivity (Wildman–Crippen MR) is 82.9 cm³/mol. The van der Waals surface area contributed by atoms with E-state index < -0.39 is 6.04 Å². The molecule has 0 radical (unpaired) electrons. The zero-order valence-corrected chi connectivity index (χ0v) is 14.1. The number of thiazole rings is 1. The first kappa shape index (κ1) is 15.9. The summed E-state index contributed by atoms with van der Waals surface area (Å²) in [7, 11) is 0. The zero-order chi connectivity index (χ0) is 15.8. The molecule has 1 aliphatic rings. The highest BCUT2D eigenvalue weighted by atomic mass is 32.1. The molecule has 5 nitrogen and oxygen atoms in total. The van der Waals surface area contributed by atoms with Crippen LogP contribution in [0.1, 0.15) is 44.8 Å². The molecule has 1 aromatic rings. The second kappa shape index (κ2) is 5.75. The Labute approximate surface area is 129 Å². The van der Waals surface area contributed by atoms with Crippen LogP contribution < -0.4 is 5.32 Å². The van der Waals surface area contributed by atoms with Crippen LogP contribution in [0.4, 0.5) is 0 Å². The summed E-state index contributed by atoms with van der Waals surface area (Å²) >= 11 is 1.58. The Balaban J connectivity index is 2.28. The number of nitrogens with zero attached hydrogens (tertiary/aromatic N) is 2. The molecule has 0 aromatic carbocycles. The Morgan fingerprint density at radius 3 is 2.62 bits per heavy atom. The first-order valence-electron chi connectivity index (χ1n) is 7.19. The van der Waals surface area contributed by atoms with Crippen LogP contribution >= 0.6 is 11.3 Å². The average Bonchev–Trinajstić information content (AvgIpc) is 2.71. The molecular formula is C15H23N3O2S. The first-order valence-corrected chi connectivity index (χ1v) is 8.07. The fourth-order valence-corrected chi connectivity index (χ4v) is 3.12. The highest BCUT2D eigenvalue weighted by Gasteiger charge is 2.40. The van der Waals surface area contributed by atoms with Crippen molar-refractivity contribution < 1.29 is 9.59 Å². The van der Waals surface area contributed by atoms with Gasteiger partial charge in [0.1, 0.15) is 6.04 Å². The lowest BCUT2D eigenvalue weighted by atomic mass is 9.86. The van der Waals surface area contributed by atoms with Crippen LogP contribution in [-0.2, 0) is 16.1 Å². The summed E-state index contributed by atoms with van der Waals surface area (Å²) in [5, 5.41) is 5.83. The minimum Gasteiger partial charge on any atom is -0.344 e. The molecule has 0 bridgehead atoms. The lowest BCUT2D eigenvalue weighted by molar-refractivity contribution is -0.138. The molecule has 2 unspecified atom stereocenters. The van der Waals surface area contributed by atoms with Crippen LogP contribution in [0.5, 0.6) is 0 Å². The van der Waals surface area contributed by atoms with Crippen molar-refractivity contribution in [3.8, 4) is 0 Å². The minimum atomic E-state index is -0.491. The van der Waals surface area contributed by atoms with Crippen molar-refractivity contribution in [3.05, 3.63) is 16.1 Å². The van der Waals surface area contributed by atoms with Crippen LogP contribution in [0.3, 0.4) is 0 Å². The van der Waals surface area contributed by atoms with Gasteiger partial charge in [-0.15, -0.1) is 11.3 Å². The van der Waals surface area contributed by atoms with Gasteiger partial charge in [-0.05, 0) is 19.3 Å². The molecule has 2 amide bonds. The van der Waals surface area contributed by atoms with E-state index in [9.17, 15) is 9.59 Å². The lowest BCUT2D eigenvalue weighted by Gasteiger charge is -2.33. The second-order valence-electron chi connectivity index (χ2n) is 6.74. The van der Waals surface area contributed by atoms with Crippen LogP contribution in [0, 0.1) is 12.3 Å². The Morgan fingerprint density at radius 2 is 2.10 bits per heavy atom. The summed E-state index contributed by atoms with van der Waals surface area (Å²) in [6.45, 7) is 10.2. The maximum absolute atomic E-state index is 12.8. The molecule has 21 heavy (non-hydrogen) atoms. The number of aryl methyl sites for hydroxylation is 1. The van der Waals surface area contributed by atoms with Crippen LogP contribution in [0.25, 0.3) is 0 Å². The zero-order valence-electron chi connectivity index (χ0n) is 13.3. The van der Waals surface area contributed by atoms with Gasteiger partial charge in [0.2, 0.25) is 11.8 Å². The number of nitrogens with one attached hydrogen (secondary N) is 1. The molecule has 6 heteroatoms. The van der Waals surface area contributed by atoms with Crippen molar-refractivity contribution in [2.45, 2.75) is 59.7 Å². The standard InChI is InChI=1S/C15H23N3O2S/c1-9-6-12(19)17-13(15(3,4)5)14(20)18(9)7-11-8-21-10(2)16-11/h8-9,13H,6-7H2,1-5H3,(H,17,19). The normalized spacial score (nSPS) is 24.0. The summed E-state index contributed by atoms with van der Waals surface area (Å²) in [6.07, 6.45) is 0.335. The fraction of sp³-hybridized carbons (Fsp3) is 0.667. The maximum atomic E-state index is 12.8. The van der Waals surface area contributed by atoms with Gasteiger partial charge in [0, 0.05) is 17.8 Å². The van der Waals surface area contributed by atoms with Gasteiger partial charge in [-0.2, -0.15) is 0 Å². The lowest BCUT2D eigenvalue weighted by Crippen LogP contribution is -2.52. The molecule has 1 N–H and O–H groups in total. The monoisotopic (exact) mass is 309 g/mol. The van der Waals surface area contributed by atoms with Crippen LogP contribution in [-0.4, -0.2) is 33.8 Å². The number of carbonyl (C=O) groups is 2. The molecule has 1 aliphatic heterocycles. The van der Waals surface area contributed by atoms with Crippen molar-refractivity contribution >= 4 is 23.2 Å². The summed E-state index contributed by atoms with van der Waals surface area (Å²) in [5.41, 5.74) is 0.576. The van der Waals surface area contributed by atoms with Gasteiger partial charge in [-0.25, -0.2) is 4.98 Å². The molecule has 1 fully saturated rings. The quantitative estimate of drug-likeness (QED) is 0.910. The molecule has 116 valence electrons. The number of amides is 2. The Bertz CT molecular complexity index is 547.